The first-order valence-electron chi connectivity index (χ1n) is 4.43. The number of fused-ring (bicyclic) bond motifs is 1. The first-order chi connectivity index (χ1) is 7.39. The predicted molar refractivity (Wildman–Crippen MR) is 49.7 cm³/mol. The van der Waals surface area contributed by atoms with Crippen molar-refractivity contribution in [2.75, 3.05) is 5.73 Å². The molecular formula is C8H8F3N5. The van der Waals surface area contributed by atoms with E-state index in [4.69, 9.17) is 5.73 Å². The van der Waals surface area contributed by atoms with E-state index < -0.39 is 12.1 Å². The van der Waals surface area contributed by atoms with Gasteiger partial charge in [-0.3, -0.25) is 0 Å². The third-order valence-electron chi connectivity index (χ3n) is 2.16. The van der Waals surface area contributed by atoms with Gasteiger partial charge in [0.15, 0.2) is 5.82 Å². The summed E-state index contributed by atoms with van der Waals surface area (Å²) in [5.41, 5.74) is 5.52. The summed E-state index contributed by atoms with van der Waals surface area (Å²) in [6.45, 7) is 0.991. The highest BCUT2D eigenvalue weighted by Gasteiger charge is 2.40. The highest BCUT2D eigenvalue weighted by Crippen LogP contribution is 2.32. The van der Waals surface area contributed by atoms with Gasteiger partial charge in [-0.25, -0.2) is 4.98 Å². The summed E-state index contributed by atoms with van der Waals surface area (Å²) in [6.07, 6.45) is -3.01. The number of halogens is 3. The summed E-state index contributed by atoms with van der Waals surface area (Å²) in [4.78, 5) is 7.45. The molecule has 2 aromatic rings. The second-order valence-corrected chi connectivity index (χ2v) is 3.31. The number of aromatic nitrogens is 4. The highest BCUT2D eigenvalue weighted by molar-refractivity contribution is 5.39. The van der Waals surface area contributed by atoms with E-state index in [1.807, 2.05) is 0 Å². The fourth-order valence-electron chi connectivity index (χ4n) is 1.16. The molecule has 0 bridgehead atoms. The minimum absolute atomic E-state index is 0.0612. The van der Waals surface area contributed by atoms with Crippen LogP contribution in [0.5, 0.6) is 0 Å². The quantitative estimate of drug-likeness (QED) is 0.804. The van der Waals surface area contributed by atoms with E-state index in [-0.39, 0.29) is 17.4 Å². The van der Waals surface area contributed by atoms with E-state index in [0.29, 0.717) is 0 Å². The Labute approximate surface area is 88.1 Å². The molecule has 0 aliphatic heterocycles. The molecule has 0 aliphatic rings. The maximum atomic E-state index is 12.4. The largest absolute Gasteiger partial charge is 0.398 e. The standard InChI is InChI=1S/C8H8F3N5/c1-4(8(9,10)11)6-14-7-13-3-2-5(12)16(7)15-6/h2-4H,12H2,1H3. The van der Waals surface area contributed by atoms with Gasteiger partial charge in [0.25, 0.3) is 5.78 Å². The van der Waals surface area contributed by atoms with Crippen LogP contribution in [0.2, 0.25) is 0 Å². The van der Waals surface area contributed by atoms with Crippen LogP contribution in [0.4, 0.5) is 19.0 Å². The van der Waals surface area contributed by atoms with E-state index in [1.165, 1.54) is 12.3 Å². The Morgan fingerprint density at radius 2 is 2.12 bits per heavy atom. The summed E-state index contributed by atoms with van der Waals surface area (Å²) in [5.74, 6) is -1.82. The second-order valence-electron chi connectivity index (χ2n) is 3.31. The van der Waals surface area contributed by atoms with Gasteiger partial charge in [0.05, 0.1) is 0 Å². The summed E-state index contributed by atoms with van der Waals surface area (Å²) in [5, 5.41) is 3.68. The van der Waals surface area contributed by atoms with E-state index in [9.17, 15) is 13.2 Å². The van der Waals surface area contributed by atoms with Gasteiger partial charge >= 0.3 is 6.18 Å². The molecule has 0 aromatic carbocycles. The summed E-state index contributed by atoms with van der Waals surface area (Å²) in [7, 11) is 0. The number of anilines is 1. The first-order valence-corrected chi connectivity index (χ1v) is 4.43. The Hall–Kier alpha value is -1.86. The molecule has 0 aliphatic carbocycles. The highest BCUT2D eigenvalue weighted by atomic mass is 19.4. The van der Waals surface area contributed by atoms with Gasteiger partial charge < -0.3 is 5.73 Å². The van der Waals surface area contributed by atoms with Crippen molar-refractivity contribution in [3.63, 3.8) is 0 Å². The van der Waals surface area contributed by atoms with Crippen LogP contribution < -0.4 is 5.73 Å². The minimum Gasteiger partial charge on any atom is -0.383 e. The molecule has 16 heavy (non-hydrogen) atoms. The lowest BCUT2D eigenvalue weighted by atomic mass is 10.1. The van der Waals surface area contributed by atoms with Crippen LogP contribution in [-0.4, -0.2) is 25.8 Å². The first kappa shape index (κ1) is 10.7. The average Bonchev–Trinajstić information content (AvgIpc) is 2.60. The van der Waals surface area contributed by atoms with Crippen LogP contribution in [0.25, 0.3) is 5.78 Å². The fourth-order valence-corrected chi connectivity index (χ4v) is 1.16. The molecule has 0 saturated heterocycles. The van der Waals surface area contributed by atoms with Crippen molar-refractivity contribution < 1.29 is 13.2 Å². The molecular weight excluding hydrogens is 223 g/mol. The van der Waals surface area contributed by atoms with Crippen molar-refractivity contribution in [3.8, 4) is 0 Å². The van der Waals surface area contributed by atoms with Gasteiger partial charge in [0.1, 0.15) is 11.7 Å². The Kier molecular flexibility index (Phi) is 2.21. The smallest absolute Gasteiger partial charge is 0.383 e. The summed E-state index contributed by atoms with van der Waals surface area (Å²) < 4.78 is 38.3. The number of rotatable bonds is 1. The number of alkyl halides is 3. The third-order valence-corrected chi connectivity index (χ3v) is 2.16. The van der Waals surface area contributed by atoms with E-state index in [1.54, 1.807) is 0 Å². The van der Waals surface area contributed by atoms with E-state index in [2.05, 4.69) is 15.1 Å². The molecule has 0 amide bonds. The van der Waals surface area contributed by atoms with Crippen LogP contribution in [0.3, 0.4) is 0 Å². The maximum absolute atomic E-state index is 12.4. The average molecular weight is 231 g/mol. The molecule has 5 nitrogen and oxygen atoms in total. The van der Waals surface area contributed by atoms with Crippen molar-refractivity contribution in [1.29, 1.82) is 0 Å². The number of hydrogen-bond acceptors (Lipinski definition) is 4. The SMILES string of the molecule is CC(c1nc2nccc(N)n2n1)C(F)(F)F. The Bertz CT molecular complexity index is 518. The molecule has 2 rings (SSSR count). The molecule has 1 atom stereocenters. The number of nitrogens with zero attached hydrogens (tertiary/aromatic N) is 4. The molecule has 86 valence electrons. The number of nitrogens with two attached hydrogens (primary N) is 1. The molecule has 1 unspecified atom stereocenters. The van der Waals surface area contributed by atoms with Gasteiger partial charge in [-0.2, -0.15) is 22.7 Å². The Balaban J connectivity index is 2.52. The van der Waals surface area contributed by atoms with Gasteiger partial charge in [-0.1, -0.05) is 0 Å². The van der Waals surface area contributed by atoms with Crippen molar-refractivity contribution in [2.45, 2.75) is 19.0 Å². The topological polar surface area (TPSA) is 69.1 Å². The van der Waals surface area contributed by atoms with Crippen LogP contribution >= 0.6 is 0 Å². The summed E-state index contributed by atoms with van der Waals surface area (Å²) in [6, 6.07) is 1.43. The molecule has 0 radical (unpaired) electrons. The molecule has 2 heterocycles. The van der Waals surface area contributed by atoms with Gasteiger partial charge in [-0.15, -0.1) is 5.10 Å². The monoisotopic (exact) mass is 231 g/mol. The fraction of sp³-hybridized carbons (Fsp3) is 0.375. The lowest BCUT2D eigenvalue weighted by Crippen LogP contribution is -2.19. The normalized spacial score (nSPS) is 14.2. The van der Waals surface area contributed by atoms with Crippen molar-refractivity contribution >= 4 is 11.6 Å². The van der Waals surface area contributed by atoms with Crippen LogP contribution in [0.1, 0.15) is 18.7 Å². The predicted octanol–water partition coefficient (Wildman–Crippen LogP) is 1.37. The van der Waals surface area contributed by atoms with Crippen LogP contribution in [0, 0.1) is 0 Å². The van der Waals surface area contributed by atoms with E-state index in [0.717, 1.165) is 11.4 Å². The lowest BCUT2D eigenvalue weighted by molar-refractivity contribution is -0.147. The van der Waals surface area contributed by atoms with Crippen LogP contribution in [-0.2, 0) is 0 Å². The van der Waals surface area contributed by atoms with E-state index >= 15 is 0 Å². The van der Waals surface area contributed by atoms with Crippen molar-refractivity contribution in [2.24, 2.45) is 0 Å². The zero-order valence-corrected chi connectivity index (χ0v) is 8.23. The second kappa shape index (κ2) is 3.32. The summed E-state index contributed by atoms with van der Waals surface area (Å²) >= 11 is 0. The zero-order chi connectivity index (χ0) is 11.9. The lowest BCUT2D eigenvalue weighted by Gasteiger charge is -2.10. The molecule has 2 N–H and O–H groups in total. The molecule has 2 aromatic heterocycles. The Morgan fingerprint density at radius 1 is 1.44 bits per heavy atom. The number of hydrogen-bond donors (Lipinski definition) is 1. The van der Waals surface area contributed by atoms with Gasteiger partial charge in [0, 0.05) is 6.20 Å². The minimum atomic E-state index is -4.38. The zero-order valence-electron chi connectivity index (χ0n) is 8.23. The van der Waals surface area contributed by atoms with Crippen molar-refractivity contribution in [3.05, 3.63) is 18.1 Å². The van der Waals surface area contributed by atoms with Crippen LogP contribution in [0.15, 0.2) is 12.3 Å². The molecule has 8 heteroatoms. The van der Waals surface area contributed by atoms with Gasteiger partial charge in [-0.05, 0) is 13.0 Å². The number of nitrogen functional groups attached to an aromatic ring is 1. The third kappa shape index (κ3) is 1.66. The molecule has 0 saturated carbocycles. The maximum Gasteiger partial charge on any atom is 0.398 e. The van der Waals surface area contributed by atoms with Crippen molar-refractivity contribution in [1.82, 2.24) is 19.6 Å². The molecule has 0 fully saturated rings. The molecule has 0 spiro atoms. The Morgan fingerprint density at radius 3 is 2.69 bits per heavy atom. The van der Waals surface area contributed by atoms with Gasteiger partial charge in [0.2, 0.25) is 0 Å².